The number of aromatic nitrogens is 1. The van der Waals surface area contributed by atoms with E-state index in [1.165, 1.54) is 18.7 Å². The van der Waals surface area contributed by atoms with Crippen LogP contribution in [0.2, 0.25) is 0 Å². The Bertz CT molecular complexity index is 916. The molecule has 2 aromatic rings. The third-order valence-electron chi connectivity index (χ3n) is 4.27. The molecule has 0 bridgehead atoms. The van der Waals surface area contributed by atoms with Crippen molar-refractivity contribution in [3.05, 3.63) is 52.2 Å². The Kier molecular flexibility index (Phi) is 6.17. The number of thioether (sulfide) groups is 1. The summed E-state index contributed by atoms with van der Waals surface area (Å²) in [6.45, 7) is 8.97. The molecule has 26 heavy (non-hydrogen) atoms. The van der Waals surface area contributed by atoms with Gasteiger partial charge in [0.05, 0.1) is 10.8 Å². The fourth-order valence-corrected chi connectivity index (χ4v) is 3.42. The van der Waals surface area contributed by atoms with Crippen molar-refractivity contribution in [2.45, 2.75) is 44.9 Å². The van der Waals surface area contributed by atoms with Crippen LogP contribution in [-0.4, -0.2) is 21.9 Å². The minimum absolute atomic E-state index is 0.0583. The first-order chi connectivity index (χ1) is 12.2. The molecule has 0 saturated carbocycles. The molecule has 5 nitrogen and oxygen atoms in total. The quantitative estimate of drug-likeness (QED) is 0.632. The summed E-state index contributed by atoms with van der Waals surface area (Å²) in [4.78, 5) is 28.5. The van der Waals surface area contributed by atoms with Gasteiger partial charge < -0.3 is 5.32 Å². The molecule has 134 valence electrons. The number of amides is 1. The average molecular weight is 367 g/mol. The molecule has 0 aliphatic rings. The molecule has 6 heteroatoms. The summed E-state index contributed by atoms with van der Waals surface area (Å²) in [5, 5.41) is 12.4. The topological polar surface area (TPSA) is 82.8 Å². The fraction of sp³-hybridized carbons (Fsp3) is 0.300. The fourth-order valence-electron chi connectivity index (χ4n) is 2.41. The Hall–Kier alpha value is -2.65. The van der Waals surface area contributed by atoms with Crippen molar-refractivity contribution < 1.29 is 9.59 Å². The first-order valence-corrected chi connectivity index (χ1v) is 9.09. The van der Waals surface area contributed by atoms with Crippen LogP contribution in [0.15, 0.2) is 29.3 Å². The molecule has 1 N–H and O–H groups in total. The predicted octanol–water partition coefficient (Wildman–Crippen LogP) is 4.20. The third-order valence-corrected chi connectivity index (χ3v) is 5.36. The number of carbonyl (C=O) groups excluding carboxylic acids is 2. The monoisotopic (exact) mass is 367 g/mol. The third kappa shape index (κ3) is 4.30. The van der Waals surface area contributed by atoms with Crippen LogP contribution in [0.4, 0.5) is 5.69 Å². The Morgan fingerprint density at radius 3 is 2.54 bits per heavy atom. The van der Waals surface area contributed by atoms with Gasteiger partial charge in [-0.2, -0.15) is 5.26 Å². The van der Waals surface area contributed by atoms with E-state index in [-0.39, 0.29) is 11.7 Å². The average Bonchev–Trinajstić information content (AvgIpc) is 2.60. The SMILES string of the molecule is CC(=O)c1cccc(NC(=O)[C@@H](C)Sc2nc(C)c(C)c(C)c2C#N)c1. The minimum atomic E-state index is -0.447. The zero-order valence-corrected chi connectivity index (χ0v) is 16.3. The summed E-state index contributed by atoms with van der Waals surface area (Å²) >= 11 is 1.26. The van der Waals surface area contributed by atoms with Gasteiger partial charge in [0.15, 0.2) is 5.78 Å². The van der Waals surface area contributed by atoms with Crippen LogP contribution in [0.1, 0.15) is 46.6 Å². The standard InChI is InChI=1S/C20H21N3O2S/c1-11-12(2)18(10-21)20(22-13(11)3)26-15(5)19(25)23-17-8-6-7-16(9-17)14(4)24/h6-9,15H,1-5H3,(H,23,25)/t15-/m1/s1. The second-order valence-electron chi connectivity index (χ2n) is 6.13. The first-order valence-electron chi connectivity index (χ1n) is 8.21. The van der Waals surface area contributed by atoms with Crippen molar-refractivity contribution in [3.8, 4) is 6.07 Å². The van der Waals surface area contributed by atoms with Crippen LogP contribution in [0.3, 0.4) is 0 Å². The number of nitrogens with zero attached hydrogens (tertiary/aromatic N) is 2. The molecule has 2 rings (SSSR count). The lowest BCUT2D eigenvalue weighted by molar-refractivity contribution is -0.115. The van der Waals surface area contributed by atoms with E-state index >= 15 is 0 Å². The van der Waals surface area contributed by atoms with Gasteiger partial charge >= 0.3 is 0 Å². The summed E-state index contributed by atoms with van der Waals surface area (Å²) in [6.07, 6.45) is 0. The molecule has 0 radical (unpaired) electrons. The van der Waals surface area contributed by atoms with Crippen molar-refractivity contribution in [2.75, 3.05) is 5.32 Å². The number of anilines is 1. The number of ketones is 1. The summed E-state index contributed by atoms with van der Waals surface area (Å²) in [5.74, 6) is -0.269. The lowest BCUT2D eigenvalue weighted by Crippen LogP contribution is -2.23. The van der Waals surface area contributed by atoms with Gasteiger partial charge in [-0.3, -0.25) is 9.59 Å². The van der Waals surface area contributed by atoms with Crippen LogP contribution in [0.25, 0.3) is 0 Å². The Morgan fingerprint density at radius 1 is 1.23 bits per heavy atom. The van der Waals surface area contributed by atoms with Crippen LogP contribution >= 0.6 is 11.8 Å². The van der Waals surface area contributed by atoms with E-state index in [1.807, 2.05) is 20.8 Å². The largest absolute Gasteiger partial charge is 0.325 e. The van der Waals surface area contributed by atoms with E-state index in [1.54, 1.807) is 31.2 Å². The van der Waals surface area contributed by atoms with Crippen molar-refractivity contribution in [3.63, 3.8) is 0 Å². The van der Waals surface area contributed by atoms with Gasteiger partial charge in [-0.1, -0.05) is 23.9 Å². The maximum Gasteiger partial charge on any atom is 0.237 e. The Labute approximate surface area is 157 Å². The predicted molar refractivity (Wildman–Crippen MR) is 104 cm³/mol. The van der Waals surface area contributed by atoms with Crippen LogP contribution in [0, 0.1) is 32.1 Å². The maximum atomic E-state index is 12.5. The summed E-state index contributed by atoms with van der Waals surface area (Å²) < 4.78 is 0. The van der Waals surface area contributed by atoms with Gasteiger partial charge in [0.2, 0.25) is 5.91 Å². The molecule has 1 heterocycles. The lowest BCUT2D eigenvalue weighted by Gasteiger charge is -2.15. The lowest BCUT2D eigenvalue weighted by atomic mass is 10.1. The maximum absolute atomic E-state index is 12.5. The highest BCUT2D eigenvalue weighted by Gasteiger charge is 2.20. The van der Waals surface area contributed by atoms with Crippen LogP contribution < -0.4 is 5.32 Å². The van der Waals surface area contributed by atoms with Crippen molar-refractivity contribution in [2.24, 2.45) is 0 Å². The molecule has 1 atom stereocenters. The van der Waals surface area contributed by atoms with Gasteiger partial charge in [-0.25, -0.2) is 4.98 Å². The molecule has 1 aromatic carbocycles. The van der Waals surface area contributed by atoms with Gasteiger partial charge in [-0.15, -0.1) is 0 Å². The van der Waals surface area contributed by atoms with Gasteiger partial charge in [-0.05, 0) is 57.9 Å². The number of nitriles is 1. The highest BCUT2D eigenvalue weighted by Crippen LogP contribution is 2.29. The van der Waals surface area contributed by atoms with Crippen molar-refractivity contribution in [1.82, 2.24) is 4.98 Å². The van der Waals surface area contributed by atoms with E-state index in [4.69, 9.17) is 0 Å². The number of Topliss-reactive ketones (excluding diaryl/α,β-unsaturated/α-hetero) is 1. The van der Waals surface area contributed by atoms with Crippen molar-refractivity contribution >= 4 is 29.1 Å². The number of nitrogens with one attached hydrogen (secondary N) is 1. The summed E-state index contributed by atoms with van der Waals surface area (Å²) in [7, 11) is 0. The smallest absolute Gasteiger partial charge is 0.237 e. The highest BCUT2D eigenvalue weighted by atomic mass is 32.2. The van der Waals surface area contributed by atoms with Gasteiger partial charge in [0, 0.05) is 16.9 Å². The number of carbonyl (C=O) groups is 2. The number of benzene rings is 1. The van der Waals surface area contributed by atoms with E-state index in [2.05, 4.69) is 16.4 Å². The Morgan fingerprint density at radius 2 is 1.92 bits per heavy atom. The molecule has 0 spiro atoms. The molecule has 0 aliphatic heterocycles. The normalized spacial score (nSPS) is 11.5. The molecule has 0 aliphatic carbocycles. The van der Waals surface area contributed by atoms with E-state index in [0.717, 1.165) is 16.8 Å². The van der Waals surface area contributed by atoms with Crippen molar-refractivity contribution in [1.29, 1.82) is 5.26 Å². The zero-order chi connectivity index (χ0) is 19.4. The Balaban J connectivity index is 2.19. The van der Waals surface area contributed by atoms with E-state index in [0.29, 0.717) is 21.8 Å². The number of hydrogen-bond acceptors (Lipinski definition) is 5. The number of hydrogen-bond donors (Lipinski definition) is 1. The molecule has 1 aromatic heterocycles. The molecular weight excluding hydrogens is 346 g/mol. The second-order valence-corrected chi connectivity index (χ2v) is 7.45. The summed E-state index contributed by atoms with van der Waals surface area (Å²) in [6, 6.07) is 9.01. The highest BCUT2D eigenvalue weighted by molar-refractivity contribution is 8.00. The number of aryl methyl sites for hydroxylation is 1. The molecule has 0 fully saturated rings. The van der Waals surface area contributed by atoms with Gasteiger partial charge in [0.25, 0.3) is 0 Å². The second kappa shape index (κ2) is 8.15. The first kappa shape index (κ1) is 19.7. The zero-order valence-electron chi connectivity index (χ0n) is 15.5. The minimum Gasteiger partial charge on any atom is -0.325 e. The van der Waals surface area contributed by atoms with Crippen LogP contribution in [0.5, 0.6) is 0 Å². The number of pyridine rings is 1. The molecule has 0 saturated heterocycles. The number of rotatable bonds is 5. The molecule has 0 unspecified atom stereocenters. The van der Waals surface area contributed by atoms with E-state index in [9.17, 15) is 14.9 Å². The van der Waals surface area contributed by atoms with Gasteiger partial charge in [0.1, 0.15) is 11.1 Å². The molecular formula is C20H21N3O2S. The van der Waals surface area contributed by atoms with Crippen LogP contribution in [-0.2, 0) is 4.79 Å². The molecule has 1 amide bonds. The summed E-state index contributed by atoms with van der Waals surface area (Å²) in [5.41, 5.74) is 4.36. The van der Waals surface area contributed by atoms with E-state index < -0.39 is 5.25 Å².